The first kappa shape index (κ1) is 20.5. The first-order valence-corrected chi connectivity index (χ1v) is 9.37. The van der Waals surface area contributed by atoms with Crippen LogP contribution in [0.15, 0.2) is 48.5 Å². The van der Waals surface area contributed by atoms with Crippen LogP contribution in [0.1, 0.15) is 49.5 Å². The van der Waals surface area contributed by atoms with Crippen LogP contribution < -0.4 is 10.1 Å². The number of aryl methyl sites for hydroxylation is 1. The zero-order chi connectivity index (χ0) is 19.6. The number of nitrogens with one attached hydrogen (secondary N) is 1. The van der Waals surface area contributed by atoms with E-state index in [1.165, 1.54) is 5.56 Å². The highest BCUT2D eigenvalue weighted by Gasteiger charge is 2.19. The molecular weight excluding hydrogens is 342 g/mol. The van der Waals surface area contributed by atoms with Crippen LogP contribution in [0.4, 0.5) is 5.69 Å². The van der Waals surface area contributed by atoms with Gasteiger partial charge in [0.05, 0.1) is 12.2 Å². The van der Waals surface area contributed by atoms with E-state index in [2.05, 4.69) is 19.2 Å². The molecule has 2 rings (SSSR count). The van der Waals surface area contributed by atoms with E-state index in [4.69, 9.17) is 9.47 Å². The molecule has 27 heavy (non-hydrogen) atoms. The van der Waals surface area contributed by atoms with Crippen LogP contribution in [0.3, 0.4) is 0 Å². The van der Waals surface area contributed by atoms with Gasteiger partial charge in [-0.05, 0) is 61.7 Å². The molecule has 2 aromatic carbocycles. The lowest BCUT2D eigenvalue weighted by Gasteiger charge is -2.14. The molecule has 5 nitrogen and oxygen atoms in total. The van der Waals surface area contributed by atoms with Crippen molar-refractivity contribution in [2.75, 3.05) is 11.9 Å². The Balaban J connectivity index is 1.86. The number of rotatable bonds is 9. The maximum absolute atomic E-state index is 12.2. The second-order valence-corrected chi connectivity index (χ2v) is 6.31. The van der Waals surface area contributed by atoms with Crippen LogP contribution in [0.2, 0.25) is 0 Å². The number of unbranched alkanes of at least 4 members (excludes halogenated alkanes) is 1. The van der Waals surface area contributed by atoms with E-state index in [1.807, 2.05) is 24.3 Å². The molecule has 5 heteroatoms. The molecule has 1 N–H and O–H groups in total. The van der Waals surface area contributed by atoms with Crippen molar-refractivity contribution in [3.05, 3.63) is 59.7 Å². The average Bonchev–Trinajstić information content (AvgIpc) is 2.69. The molecule has 1 atom stereocenters. The Kier molecular flexibility index (Phi) is 7.86. The third-order valence-electron chi connectivity index (χ3n) is 4.14. The molecule has 0 fully saturated rings. The topological polar surface area (TPSA) is 64.6 Å². The van der Waals surface area contributed by atoms with E-state index in [9.17, 15) is 9.59 Å². The molecule has 0 spiro atoms. The normalized spacial score (nSPS) is 11.5. The minimum atomic E-state index is -0.899. The molecule has 0 aliphatic heterocycles. The van der Waals surface area contributed by atoms with E-state index < -0.39 is 12.1 Å². The largest absolute Gasteiger partial charge is 0.494 e. The first-order chi connectivity index (χ1) is 13.0. The summed E-state index contributed by atoms with van der Waals surface area (Å²) in [4.78, 5) is 24.5. The Morgan fingerprint density at radius 3 is 2.26 bits per heavy atom. The molecule has 0 aliphatic carbocycles. The Morgan fingerprint density at radius 1 is 1.00 bits per heavy atom. The minimum Gasteiger partial charge on any atom is -0.494 e. The van der Waals surface area contributed by atoms with E-state index in [0.29, 0.717) is 23.6 Å². The number of ether oxygens (including phenoxy) is 2. The minimum absolute atomic E-state index is 0.368. The fraction of sp³-hybridized carbons (Fsp3) is 0.364. The Labute approximate surface area is 160 Å². The van der Waals surface area contributed by atoms with Crippen molar-refractivity contribution in [2.45, 2.75) is 46.1 Å². The molecule has 0 aliphatic rings. The summed E-state index contributed by atoms with van der Waals surface area (Å²) in [5.41, 5.74) is 2.24. The van der Waals surface area contributed by atoms with Crippen LogP contribution in [-0.4, -0.2) is 24.6 Å². The van der Waals surface area contributed by atoms with E-state index in [0.717, 1.165) is 19.3 Å². The molecule has 0 heterocycles. The van der Waals surface area contributed by atoms with Gasteiger partial charge in [0, 0.05) is 5.69 Å². The first-order valence-electron chi connectivity index (χ1n) is 9.37. The van der Waals surface area contributed by atoms with Gasteiger partial charge in [-0.15, -0.1) is 0 Å². The summed E-state index contributed by atoms with van der Waals surface area (Å²) < 4.78 is 10.8. The summed E-state index contributed by atoms with van der Waals surface area (Å²) in [6.45, 7) is 6.37. The predicted octanol–water partition coefficient (Wildman–Crippen LogP) is 4.61. The summed E-state index contributed by atoms with van der Waals surface area (Å²) in [7, 11) is 0. The van der Waals surface area contributed by atoms with Crippen LogP contribution in [-0.2, 0) is 16.0 Å². The maximum atomic E-state index is 12.2. The number of carbonyl (C=O) groups is 2. The van der Waals surface area contributed by atoms with Gasteiger partial charge in [0.15, 0.2) is 6.10 Å². The number of benzene rings is 2. The molecule has 0 bridgehead atoms. The van der Waals surface area contributed by atoms with Gasteiger partial charge < -0.3 is 14.8 Å². The van der Waals surface area contributed by atoms with Gasteiger partial charge in [-0.3, -0.25) is 4.79 Å². The molecule has 0 radical (unpaired) electrons. The van der Waals surface area contributed by atoms with Crippen molar-refractivity contribution in [1.29, 1.82) is 0 Å². The third kappa shape index (κ3) is 6.44. The van der Waals surface area contributed by atoms with Gasteiger partial charge in [0.1, 0.15) is 5.75 Å². The van der Waals surface area contributed by atoms with Crippen LogP contribution in [0.5, 0.6) is 5.75 Å². The Morgan fingerprint density at radius 2 is 1.67 bits per heavy atom. The highest BCUT2D eigenvalue weighted by atomic mass is 16.5. The van der Waals surface area contributed by atoms with Gasteiger partial charge in [0.25, 0.3) is 5.91 Å². The number of amides is 1. The van der Waals surface area contributed by atoms with E-state index in [1.54, 1.807) is 31.2 Å². The van der Waals surface area contributed by atoms with Crippen molar-refractivity contribution in [3.63, 3.8) is 0 Å². The van der Waals surface area contributed by atoms with Crippen molar-refractivity contribution in [2.24, 2.45) is 0 Å². The lowest BCUT2D eigenvalue weighted by atomic mass is 10.1. The van der Waals surface area contributed by atoms with E-state index >= 15 is 0 Å². The highest BCUT2D eigenvalue weighted by Crippen LogP contribution is 2.15. The predicted molar refractivity (Wildman–Crippen MR) is 106 cm³/mol. The molecule has 1 amide bonds. The Bertz CT molecular complexity index is 738. The number of hydrogen-bond donors (Lipinski definition) is 1. The number of esters is 1. The number of hydrogen-bond acceptors (Lipinski definition) is 4. The van der Waals surface area contributed by atoms with Gasteiger partial charge in [-0.25, -0.2) is 4.79 Å². The SMILES string of the molecule is CCCCOc1ccc(C(=O)O[C@@H](C)C(=O)Nc2ccc(CC)cc2)cc1. The number of anilines is 1. The summed E-state index contributed by atoms with van der Waals surface area (Å²) in [6, 6.07) is 14.3. The summed E-state index contributed by atoms with van der Waals surface area (Å²) in [5, 5.41) is 2.75. The molecule has 0 aromatic heterocycles. The van der Waals surface area contributed by atoms with Crippen molar-refractivity contribution >= 4 is 17.6 Å². The van der Waals surface area contributed by atoms with Gasteiger partial charge >= 0.3 is 5.97 Å². The lowest BCUT2D eigenvalue weighted by Crippen LogP contribution is -2.30. The van der Waals surface area contributed by atoms with Crippen molar-refractivity contribution in [1.82, 2.24) is 0 Å². The van der Waals surface area contributed by atoms with Crippen LogP contribution in [0.25, 0.3) is 0 Å². The van der Waals surface area contributed by atoms with Crippen molar-refractivity contribution < 1.29 is 19.1 Å². The quantitative estimate of drug-likeness (QED) is 0.518. The molecule has 0 saturated heterocycles. The standard InChI is InChI=1S/C22H27NO4/c1-4-6-15-26-20-13-9-18(10-14-20)22(25)27-16(3)21(24)23-19-11-7-17(5-2)8-12-19/h7-14,16H,4-6,15H2,1-3H3,(H,23,24)/t16-/m0/s1. The number of carbonyl (C=O) groups excluding carboxylic acids is 2. The van der Waals surface area contributed by atoms with E-state index in [-0.39, 0.29) is 5.91 Å². The molecule has 0 saturated carbocycles. The van der Waals surface area contributed by atoms with Crippen molar-refractivity contribution in [3.8, 4) is 5.75 Å². The summed E-state index contributed by atoms with van der Waals surface area (Å²) in [6.07, 6.45) is 2.08. The zero-order valence-electron chi connectivity index (χ0n) is 16.2. The summed E-state index contributed by atoms with van der Waals surface area (Å²) in [5.74, 6) is -0.201. The smallest absolute Gasteiger partial charge is 0.338 e. The van der Waals surface area contributed by atoms with Crippen LogP contribution in [0, 0.1) is 0 Å². The molecule has 0 unspecified atom stereocenters. The second-order valence-electron chi connectivity index (χ2n) is 6.31. The molecule has 2 aromatic rings. The zero-order valence-corrected chi connectivity index (χ0v) is 16.2. The van der Waals surface area contributed by atoms with Gasteiger partial charge in [0.2, 0.25) is 0 Å². The Hall–Kier alpha value is -2.82. The second kappa shape index (κ2) is 10.4. The van der Waals surface area contributed by atoms with Gasteiger partial charge in [-0.2, -0.15) is 0 Å². The fourth-order valence-electron chi connectivity index (χ4n) is 2.37. The lowest BCUT2D eigenvalue weighted by molar-refractivity contribution is -0.123. The average molecular weight is 369 g/mol. The third-order valence-corrected chi connectivity index (χ3v) is 4.14. The highest BCUT2D eigenvalue weighted by molar-refractivity contribution is 5.97. The fourth-order valence-corrected chi connectivity index (χ4v) is 2.37. The monoisotopic (exact) mass is 369 g/mol. The maximum Gasteiger partial charge on any atom is 0.338 e. The molecular formula is C22H27NO4. The van der Waals surface area contributed by atoms with Crippen LogP contribution >= 0.6 is 0 Å². The van der Waals surface area contributed by atoms with Gasteiger partial charge in [-0.1, -0.05) is 32.4 Å². The molecule has 144 valence electrons. The summed E-state index contributed by atoms with van der Waals surface area (Å²) >= 11 is 0.